The predicted octanol–water partition coefficient (Wildman–Crippen LogP) is 1.90. The van der Waals surface area contributed by atoms with Crippen LogP contribution >= 0.6 is 0 Å². The lowest BCUT2D eigenvalue weighted by molar-refractivity contribution is -0.154. The van der Waals surface area contributed by atoms with Crippen LogP contribution in [0.4, 0.5) is 4.39 Å². The van der Waals surface area contributed by atoms with Crippen molar-refractivity contribution in [2.24, 2.45) is 5.11 Å². The number of nitrogens with zero attached hydrogens (tertiary/aromatic N) is 3. The molecule has 0 aromatic rings. The first kappa shape index (κ1) is 13.7. The molecular formula is C8H14FN3O3. The molecule has 0 radical (unpaired) electrons. The molecule has 0 aromatic carbocycles. The number of hydrogen-bond acceptors (Lipinski definition) is 3. The van der Waals surface area contributed by atoms with E-state index in [1.807, 2.05) is 6.92 Å². The van der Waals surface area contributed by atoms with Gasteiger partial charge in [-0.1, -0.05) is 18.5 Å². The molecule has 0 spiro atoms. The fourth-order valence-electron chi connectivity index (χ4n) is 0.895. The van der Waals surface area contributed by atoms with Crippen LogP contribution in [0.25, 0.3) is 10.4 Å². The van der Waals surface area contributed by atoms with E-state index in [2.05, 4.69) is 10.0 Å². The molecule has 0 saturated heterocycles. The maximum Gasteiger partial charge on any atom is 0.335 e. The number of carboxylic acid groups (broad SMARTS) is 1. The zero-order valence-electron chi connectivity index (χ0n) is 8.47. The third-order valence-corrected chi connectivity index (χ3v) is 1.69. The Bertz CT molecular complexity index is 243. The van der Waals surface area contributed by atoms with Gasteiger partial charge in [0.15, 0.2) is 6.10 Å². The maximum atomic E-state index is 13.2. The lowest BCUT2D eigenvalue weighted by atomic mass is 10.2. The summed E-state index contributed by atoms with van der Waals surface area (Å²) in [4.78, 5) is 12.9. The maximum absolute atomic E-state index is 13.2. The van der Waals surface area contributed by atoms with Crippen LogP contribution in [0.1, 0.15) is 19.8 Å². The van der Waals surface area contributed by atoms with Gasteiger partial charge < -0.3 is 9.84 Å². The van der Waals surface area contributed by atoms with E-state index in [4.69, 9.17) is 15.4 Å². The smallest absolute Gasteiger partial charge is 0.335 e. The number of halogens is 1. The molecule has 0 fully saturated rings. The second-order valence-electron chi connectivity index (χ2n) is 2.91. The van der Waals surface area contributed by atoms with E-state index in [9.17, 15) is 9.18 Å². The first-order chi connectivity index (χ1) is 7.13. The van der Waals surface area contributed by atoms with Crippen molar-refractivity contribution >= 4 is 5.97 Å². The highest BCUT2D eigenvalue weighted by Gasteiger charge is 2.28. The number of carboxylic acids is 1. The summed E-state index contributed by atoms with van der Waals surface area (Å²) in [5.41, 5.74) is 7.95. The normalized spacial score (nSPS) is 14.0. The summed E-state index contributed by atoms with van der Waals surface area (Å²) in [6, 6.07) is 0. The number of ether oxygens (including phenoxy) is 1. The second kappa shape index (κ2) is 8.02. The van der Waals surface area contributed by atoms with Crippen LogP contribution in [0.5, 0.6) is 0 Å². The summed E-state index contributed by atoms with van der Waals surface area (Å²) in [5, 5.41) is 11.6. The summed E-state index contributed by atoms with van der Waals surface area (Å²) in [5.74, 6) is -1.38. The van der Waals surface area contributed by atoms with E-state index in [1.54, 1.807) is 0 Å². The van der Waals surface area contributed by atoms with E-state index in [1.165, 1.54) is 0 Å². The number of alkyl halides is 1. The highest BCUT2D eigenvalue weighted by atomic mass is 19.1. The number of carbonyl (C=O) groups is 1. The van der Waals surface area contributed by atoms with Crippen LogP contribution in [0.2, 0.25) is 0 Å². The summed E-state index contributed by atoms with van der Waals surface area (Å²) in [6.45, 7) is 1.57. The monoisotopic (exact) mass is 219 g/mol. The van der Waals surface area contributed by atoms with Crippen LogP contribution in [0.3, 0.4) is 0 Å². The second-order valence-corrected chi connectivity index (χ2v) is 2.91. The Labute approximate surface area is 86.7 Å². The molecule has 0 rings (SSSR count). The van der Waals surface area contributed by atoms with E-state index < -0.39 is 24.8 Å². The standard InChI is InChI=1S/C8H14FN3O3/c1-2-3-4-15-7(8(13)14)6(9)5-11-12-10/h6-7H,2-5H2,1H3,(H,13,14)/t6-,7+/m0/s1. The molecular weight excluding hydrogens is 205 g/mol. The van der Waals surface area contributed by atoms with Crippen LogP contribution < -0.4 is 0 Å². The predicted molar refractivity (Wildman–Crippen MR) is 51.2 cm³/mol. The zero-order valence-corrected chi connectivity index (χ0v) is 8.47. The SMILES string of the molecule is CCCCO[C@@H](C(=O)O)[C@@H](F)CN=[N+]=[N-]. The molecule has 0 bridgehead atoms. The average molecular weight is 219 g/mol. The Balaban J connectivity index is 4.12. The molecule has 0 aliphatic heterocycles. The molecule has 0 amide bonds. The Kier molecular flexibility index (Phi) is 7.31. The number of rotatable bonds is 8. The van der Waals surface area contributed by atoms with Crippen LogP contribution in [0, 0.1) is 0 Å². The largest absolute Gasteiger partial charge is 0.479 e. The third-order valence-electron chi connectivity index (χ3n) is 1.69. The highest BCUT2D eigenvalue weighted by molar-refractivity contribution is 5.73. The molecule has 15 heavy (non-hydrogen) atoms. The zero-order chi connectivity index (χ0) is 11.7. The molecule has 0 unspecified atom stereocenters. The van der Waals surface area contributed by atoms with Gasteiger partial charge in [-0.3, -0.25) is 0 Å². The lowest BCUT2D eigenvalue weighted by Gasteiger charge is -2.15. The number of unbranched alkanes of at least 4 members (excludes halogenated alkanes) is 1. The molecule has 0 saturated carbocycles. The Morgan fingerprint density at radius 1 is 1.73 bits per heavy atom. The molecule has 6 nitrogen and oxygen atoms in total. The molecule has 86 valence electrons. The van der Waals surface area contributed by atoms with Crippen molar-refractivity contribution in [3.63, 3.8) is 0 Å². The summed E-state index contributed by atoms with van der Waals surface area (Å²) < 4.78 is 18.0. The van der Waals surface area contributed by atoms with Gasteiger partial charge in [0.05, 0.1) is 6.54 Å². The quantitative estimate of drug-likeness (QED) is 0.292. The van der Waals surface area contributed by atoms with E-state index in [-0.39, 0.29) is 6.61 Å². The topological polar surface area (TPSA) is 95.3 Å². The van der Waals surface area contributed by atoms with Crippen molar-refractivity contribution in [1.29, 1.82) is 0 Å². The van der Waals surface area contributed by atoms with Gasteiger partial charge in [-0.15, -0.1) is 0 Å². The lowest BCUT2D eigenvalue weighted by Crippen LogP contribution is -2.35. The van der Waals surface area contributed by atoms with Crippen LogP contribution in [-0.4, -0.2) is 36.5 Å². The van der Waals surface area contributed by atoms with Gasteiger partial charge in [0, 0.05) is 11.5 Å². The van der Waals surface area contributed by atoms with Gasteiger partial charge in [0.1, 0.15) is 6.17 Å². The summed E-state index contributed by atoms with van der Waals surface area (Å²) in [6.07, 6.45) is -1.87. The van der Waals surface area contributed by atoms with Crippen LogP contribution in [-0.2, 0) is 9.53 Å². The van der Waals surface area contributed by atoms with E-state index in [0.717, 1.165) is 6.42 Å². The minimum absolute atomic E-state index is 0.185. The average Bonchev–Trinajstić information content (AvgIpc) is 2.20. The molecule has 0 aliphatic rings. The van der Waals surface area contributed by atoms with Gasteiger partial charge >= 0.3 is 5.97 Å². The number of aliphatic carboxylic acids is 1. The van der Waals surface area contributed by atoms with Crippen molar-refractivity contribution in [3.8, 4) is 0 Å². The van der Waals surface area contributed by atoms with Gasteiger partial charge in [0.25, 0.3) is 0 Å². The molecule has 0 aromatic heterocycles. The molecule has 7 heteroatoms. The molecule has 0 aliphatic carbocycles. The summed E-state index contributed by atoms with van der Waals surface area (Å²) in [7, 11) is 0. The minimum Gasteiger partial charge on any atom is -0.479 e. The fraction of sp³-hybridized carbons (Fsp3) is 0.875. The molecule has 1 N–H and O–H groups in total. The van der Waals surface area contributed by atoms with E-state index >= 15 is 0 Å². The first-order valence-corrected chi connectivity index (χ1v) is 4.62. The Morgan fingerprint density at radius 3 is 2.87 bits per heavy atom. The fourth-order valence-corrected chi connectivity index (χ4v) is 0.895. The Morgan fingerprint density at radius 2 is 2.40 bits per heavy atom. The van der Waals surface area contributed by atoms with Crippen molar-refractivity contribution in [3.05, 3.63) is 10.4 Å². The molecule has 2 atom stereocenters. The number of azide groups is 1. The van der Waals surface area contributed by atoms with Crippen molar-refractivity contribution in [1.82, 2.24) is 0 Å². The molecule has 0 heterocycles. The van der Waals surface area contributed by atoms with Gasteiger partial charge in [-0.2, -0.15) is 0 Å². The van der Waals surface area contributed by atoms with E-state index in [0.29, 0.717) is 6.42 Å². The Hall–Kier alpha value is -1.33. The van der Waals surface area contributed by atoms with Gasteiger partial charge in [-0.25, -0.2) is 9.18 Å². The minimum atomic E-state index is -1.81. The van der Waals surface area contributed by atoms with Crippen molar-refractivity contribution in [2.75, 3.05) is 13.2 Å². The number of hydrogen-bond donors (Lipinski definition) is 1. The summed E-state index contributed by atoms with van der Waals surface area (Å²) >= 11 is 0. The third kappa shape index (κ3) is 5.87. The van der Waals surface area contributed by atoms with Gasteiger partial charge in [0.2, 0.25) is 0 Å². The van der Waals surface area contributed by atoms with Crippen molar-refractivity contribution in [2.45, 2.75) is 32.0 Å². The highest BCUT2D eigenvalue weighted by Crippen LogP contribution is 2.07. The van der Waals surface area contributed by atoms with Crippen LogP contribution in [0.15, 0.2) is 5.11 Å². The first-order valence-electron chi connectivity index (χ1n) is 4.62. The van der Waals surface area contributed by atoms with Gasteiger partial charge in [-0.05, 0) is 12.0 Å². The van der Waals surface area contributed by atoms with Crippen molar-refractivity contribution < 1.29 is 19.0 Å².